The monoisotopic (exact) mass is 583 g/mol. The molecule has 0 aliphatic carbocycles. The first kappa shape index (κ1) is 30.4. The molecule has 1 unspecified atom stereocenters. The normalized spacial score (nSPS) is 15.3. The van der Waals surface area contributed by atoms with E-state index in [1.165, 1.54) is 18.4 Å². The van der Waals surface area contributed by atoms with Crippen LogP contribution in [-0.4, -0.2) is 80.1 Å². The molecule has 4 rings (SSSR count). The zero-order chi connectivity index (χ0) is 30.3. The summed E-state index contributed by atoms with van der Waals surface area (Å²) in [6.45, 7) is 13.7. The predicted octanol–water partition coefficient (Wildman–Crippen LogP) is 4.77. The molecule has 222 valence electrons. The summed E-state index contributed by atoms with van der Waals surface area (Å²) in [6.07, 6.45) is 1.58. The number of carbonyl (C=O) groups excluding carboxylic acids is 2. The topological polar surface area (TPSA) is 104 Å². The van der Waals surface area contributed by atoms with E-state index in [9.17, 15) is 18.0 Å². The molecule has 2 heterocycles. The average Bonchev–Trinajstić information content (AvgIpc) is 3.24. The van der Waals surface area contributed by atoms with Gasteiger partial charge < -0.3 is 24.4 Å². The molecule has 1 fully saturated rings. The van der Waals surface area contributed by atoms with Crippen LogP contribution in [0.3, 0.4) is 0 Å². The highest BCUT2D eigenvalue weighted by Gasteiger charge is 2.27. The number of piperazine rings is 1. The van der Waals surface area contributed by atoms with Crippen molar-refractivity contribution < 1.29 is 22.7 Å². The highest BCUT2D eigenvalue weighted by Crippen LogP contribution is 2.30. The molecule has 1 saturated heterocycles. The molecule has 1 aliphatic rings. The minimum Gasteiger partial charge on any atom is -0.444 e. The third kappa shape index (κ3) is 6.51. The quantitative estimate of drug-likeness (QED) is 0.449. The summed E-state index contributed by atoms with van der Waals surface area (Å²) in [7, 11) is -0.561. The van der Waals surface area contributed by atoms with Gasteiger partial charge in [0.25, 0.3) is 0 Å². The molecule has 1 atom stereocenters. The van der Waals surface area contributed by atoms with Crippen molar-refractivity contribution in [3.8, 4) is 0 Å². The van der Waals surface area contributed by atoms with Gasteiger partial charge in [0.15, 0.2) is 0 Å². The number of hydrogen-bond donors (Lipinski definition) is 1. The molecule has 0 bridgehead atoms. The van der Waals surface area contributed by atoms with Crippen molar-refractivity contribution in [3.05, 3.63) is 53.7 Å². The lowest BCUT2D eigenvalue weighted by molar-refractivity contribution is -0.118. The van der Waals surface area contributed by atoms with Crippen molar-refractivity contribution in [2.24, 2.45) is 0 Å². The maximum atomic E-state index is 13.4. The molecular formula is C30H41N5O5S. The molecule has 1 aliphatic heterocycles. The number of aryl methyl sites for hydroxylation is 2. The number of benzene rings is 2. The fourth-order valence-electron chi connectivity index (χ4n) is 4.87. The van der Waals surface area contributed by atoms with E-state index < -0.39 is 21.7 Å². The molecule has 0 saturated carbocycles. The van der Waals surface area contributed by atoms with Gasteiger partial charge in [-0.3, -0.25) is 4.79 Å². The Kier molecular flexibility index (Phi) is 8.42. The number of sulfonamides is 1. The number of rotatable bonds is 6. The van der Waals surface area contributed by atoms with Gasteiger partial charge in [-0.05, 0) is 83.0 Å². The first-order chi connectivity index (χ1) is 19.1. The van der Waals surface area contributed by atoms with Crippen LogP contribution in [0.15, 0.2) is 47.5 Å². The number of anilines is 2. The number of carbonyl (C=O) groups is 2. The van der Waals surface area contributed by atoms with E-state index in [-0.39, 0.29) is 16.9 Å². The lowest BCUT2D eigenvalue weighted by atomic mass is 10.1. The molecule has 41 heavy (non-hydrogen) atoms. The molecule has 0 spiro atoms. The minimum atomic E-state index is -3.57. The molecule has 2 aromatic carbocycles. The predicted molar refractivity (Wildman–Crippen MR) is 162 cm³/mol. The van der Waals surface area contributed by atoms with E-state index in [2.05, 4.69) is 10.2 Å². The number of aromatic nitrogens is 1. The zero-order valence-corrected chi connectivity index (χ0v) is 26.0. The van der Waals surface area contributed by atoms with Gasteiger partial charge in [-0.25, -0.2) is 17.5 Å². The van der Waals surface area contributed by atoms with E-state index in [4.69, 9.17) is 4.74 Å². The summed E-state index contributed by atoms with van der Waals surface area (Å²) >= 11 is 0. The second kappa shape index (κ2) is 11.4. The number of amides is 2. The van der Waals surface area contributed by atoms with Gasteiger partial charge >= 0.3 is 6.09 Å². The number of nitrogens with one attached hydrogen (secondary N) is 1. The first-order valence-electron chi connectivity index (χ1n) is 13.8. The van der Waals surface area contributed by atoms with Crippen LogP contribution in [0.25, 0.3) is 10.9 Å². The van der Waals surface area contributed by atoms with Gasteiger partial charge in [-0.15, -0.1) is 0 Å². The van der Waals surface area contributed by atoms with E-state index >= 15 is 0 Å². The molecular weight excluding hydrogens is 542 g/mol. The molecule has 1 aromatic heterocycles. The lowest BCUT2D eigenvalue weighted by Crippen LogP contribution is -2.50. The van der Waals surface area contributed by atoms with Crippen molar-refractivity contribution in [1.82, 2.24) is 13.8 Å². The summed E-state index contributed by atoms with van der Waals surface area (Å²) in [5.74, 6) is -0.179. The van der Waals surface area contributed by atoms with Crippen molar-refractivity contribution in [1.29, 1.82) is 0 Å². The van der Waals surface area contributed by atoms with Crippen LogP contribution < -0.4 is 10.2 Å². The van der Waals surface area contributed by atoms with E-state index in [0.717, 1.165) is 33.4 Å². The zero-order valence-electron chi connectivity index (χ0n) is 25.2. The highest BCUT2D eigenvalue weighted by atomic mass is 32.2. The van der Waals surface area contributed by atoms with Gasteiger partial charge in [0.2, 0.25) is 15.9 Å². The highest BCUT2D eigenvalue weighted by molar-refractivity contribution is 7.89. The maximum absolute atomic E-state index is 13.4. The van der Waals surface area contributed by atoms with Crippen molar-refractivity contribution >= 4 is 44.3 Å². The molecule has 0 radical (unpaired) electrons. The third-order valence-electron chi connectivity index (χ3n) is 7.35. The Morgan fingerprint density at radius 3 is 2.24 bits per heavy atom. The van der Waals surface area contributed by atoms with Crippen molar-refractivity contribution in [2.75, 3.05) is 50.5 Å². The van der Waals surface area contributed by atoms with Crippen molar-refractivity contribution in [2.45, 2.75) is 58.1 Å². The van der Waals surface area contributed by atoms with Gasteiger partial charge in [0.05, 0.1) is 4.90 Å². The van der Waals surface area contributed by atoms with E-state index in [1.807, 2.05) is 70.5 Å². The Morgan fingerprint density at radius 2 is 1.63 bits per heavy atom. The Hall–Kier alpha value is -3.57. The van der Waals surface area contributed by atoms with Crippen LogP contribution in [0.2, 0.25) is 0 Å². The van der Waals surface area contributed by atoms with E-state index in [1.54, 1.807) is 23.1 Å². The van der Waals surface area contributed by atoms with Crippen LogP contribution in [0.1, 0.15) is 44.9 Å². The van der Waals surface area contributed by atoms with Crippen LogP contribution in [0, 0.1) is 13.8 Å². The summed E-state index contributed by atoms with van der Waals surface area (Å²) in [5.41, 5.74) is 3.78. The van der Waals surface area contributed by atoms with Gasteiger partial charge in [0, 0.05) is 68.7 Å². The smallest absolute Gasteiger partial charge is 0.410 e. The Bertz CT molecular complexity index is 1560. The lowest BCUT2D eigenvalue weighted by Gasteiger charge is -2.37. The number of hydrogen-bond acceptors (Lipinski definition) is 6. The molecule has 10 nitrogen and oxygen atoms in total. The van der Waals surface area contributed by atoms with E-state index in [0.29, 0.717) is 26.2 Å². The number of ether oxygens (including phenoxy) is 1. The number of fused-ring (bicyclic) bond motifs is 1. The SMILES string of the molecule is Cc1ccc(N2CCN(C(=O)OC(C)(C)C)CC2)cc1NC(=O)C(C)n1cc(C)c2cc(S(=O)(=O)N(C)C)ccc21. The van der Waals surface area contributed by atoms with Crippen LogP contribution in [0.5, 0.6) is 0 Å². The Balaban J connectivity index is 1.49. The summed E-state index contributed by atoms with van der Waals surface area (Å²) < 4.78 is 33.8. The second-order valence-corrected chi connectivity index (χ2v) is 14.0. The van der Waals surface area contributed by atoms with Gasteiger partial charge in [0.1, 0.15) is 11.6 Å². The third-order valence-corrected chi connectivity index (χ3v) is 9.17. The fourth-order valence-corrected chi connectivity index (χ4v) is 5.80. The molecule has 1 N–H and O–H groups in total. The Morgan fingerprint density at radius 1 is 0.976 bits per heavy atom. The number of nitrogens with zero attached hydrogens (tertiary/aromatic N) is 4. The van der Waals surface area contributed by atoms with Crippen molar-refractivity contribution in [3.63, 3.8) is 0 Å². The summed E-state index contributed by atoms with van der Waals surface area (Å²) in [6, 6.07) is 10.4. The average molecular weight is 584 g/mol. The Labute approximate surface area is 242 Å². The standard InChI is InChI=1S/C30H41N5O5S/c1-20-9-10-23(33-13-15-34(16-14-33)29(37)40-30(4,5)6)17-26(20)31-28(36)22(3)35-19-21(2)25-18-24(11-12-27(25)35)41(38,39)32(7)8/h9-12,17-19,22H,13-16H2,1-8H3,(H,31,36). The second-order valence-electron chi connectivity index (χ2n) is 11.8. The molecule has 3 aromatic rings. The fraction of sp³-hybridized carbons (Fsp3) is 0.467. The maximum Gasteiger partial charge on any atom is 0.410 e. The largest absolute Gasteiger partial charge is 0.444 e. The van der Waals surface area contributed by atoms with Gasteiger partial charge in [-0.1, -0.05) is 6.07 Å². The molecule has 11 heteroatoms. The first-order valence-corrected chi connectivity index (χ1v) is 15.2. The summed E-state index contributed by atoms with van der Waals surface area (Å²) in [4.78, 5) is 30.0. The van der Waals surface area contributed by atoms with Crippen LogP contribution in [0.4, 0.5) is 16.2 Å². The van der Waals surface area contributed by atoms with Crippen LogP contribution in [-0.2, 0) is 19.6 Å². The molecule has 2 amide bonds. The summed E-state index contributed by atoms with van der Waals surface area (Å²) in [5, 5.41) is 3.88. The van der Waals surface area contributed by atoms with Crippen LogP contribution >= 0.6 is 0 Å². The minimum absolute atomic E-state index is 0.179. The van der Waals surface area contributed by atoms with Gasteiger partial charge in [-0.2, -0.15) is 0 Å².